The monoisotopic (exact) mass is 626 g/mol. The zero-order chi connectivity index (χ0) is 32.2. The number of nitrogens with one attached hydrogen (secondary N) is 1. The molecule has 2 saturated heterocycles. The van der Waals surface area contributed by atoms with Crippen LogP contribution in [-0.2, 0) is 17.7 Å². The first-order chi connectivity index (χ1) is 22.0. The molecule has 5 heterocycles. The zero-order valence-electron chi connectivity index (χ0n) is 27.1. The number of carbonyl (C=O) groups is 1. The van der Waals surface area contributed by atoms with E-state index in [1.54, 1.807) is 18.2 Å². The molecular formula is C35H46N8O3. The fourth-order valence-corrected chi connectivity index (χ4v) is 7.81. The van der Waals surface area contributed by atoms with Gasteiger partial charge in [0.1, 0.15) is 17.2 Å². The minimum absolute atomic E-state index is 0.137. The third kappa shape index (κ3) is 5.88. The SMILES string of the molecule is CC(C)(C)OC(=O)N1CC2(CC(N3CCC(c4cnc(N5CCc6[nH]c(N)c(/C=C(\N)c7ccccc7O)c6C5)nc4)CC3)C2)C1. The number of carbonyl (C=O) groups excluding carboxylic acids is 1. The average Bonchev–Trinajstić information content (AvgIpc) is 3.29. The number of aromatic amines is 1. The molecule has 244 valence electrons. The smallest absolute Gasteiger partial charge is 0.410 e. The summed E-state index contributed by atoms with van der Waals surface area (Å²) in [5.41, 5.74) is 17.9. The number of anilines is 2. The van der Waals surface area contributed by atoms with Crippen LogP contribution < -0.4 is 16.4 Å². The summed E-state index contributed by atoms with van der Waals surface area (Å²) in [6, 6.07) is 7.66. The Morgan fingerprint density at radius 2 is 1.80 bits per heavy atom. The molecule has 3 aromatic rings. The number of likely N-dealkylation sites (tertiary alicyclic amines) is 2. The predicted molar refractivity (Wildman–Crippen MR) is 179 cm³/mol. The first kappa shape index (κ1) is 30.4. The molecule has 3 fully saturated rings. The maximum absolute atomic E-state index is 12.3. The number of benzene rings is 1. The summed E-state index contributed by atoms with van der Waals surface area (Å²) < 4.78 is 5.54. The lowest BCUT2D eigenvalue weighted by molar-refractivity contribution is -0.110. The van der Waals surface area contributed by atoms with Gasteiger partial charge in [-0.15, -0.1) is 0 Å². The summed E-state index contributed by atoms with van der Waals surface area (Å²) in [6.07, 6.45) is 11.1. The number of aromatic nitrogens is 3. The van der Waals surface area contributed by atoms with Gasteiger partial charge in [0.15, 0.2) is 0 Å². The molecule has 4 aliphatic rings. The molecule has 11 nitrogen and oxygen atoms in total. The lowest BCUT2D eigenvalue weighted by atomic mass is 9.60. The molecule has 3 aliphatic heterocycles. The summed E-state index contributed by atoms with van der Waals surface area (Å²) in [6.45, 7) is 11.0. The van der Waals surface area contributed by atoms with E-state index in [0.29, 0.717) is 41.0 Å². The van der Waals surface area contributed by atoms with Crippen LogP contribution >= 0.6 is 0 Å². The van der Waals surface area contributed by atoms with Crippen LogP contribution in [0.25, 0.3) is 11.8 Å². The highest BCUT2D eigenvalue weighted by molar-refractivity contribution is 5.86. The normalized spacial score (nSPS) is 20.7. The highest BCUT2D eigenvalue weighted by Gasteiger charge is 2.55. The maximum atomic E-state index is 12.3. The second-order valence-corrected chi connectivity index (χ2v) is 14.7. The van der Waals surface area contributed by atoms with Crippen LogP contribution in [0.1, 0.15) is 80.3 Å². The van der Waals surface area contributed by atoms with E-state index in [1.165, 1.54) is 18.4 Å². The van der Waals surface area contributed by atoms with Gasteiger partial charge >= 0.3 is 6.09 Å². The second kappa shape index (κ2) is 11.5. The molecule has 1 saturated carbocycles. The van der Waals surface area contributed by atoms with E-state index in [4.69, 9.17) is 26.2 Å². The van der Waals surface area contributed by atoms with Crippen LogP contribution in [0, 0.1) is 5.41 Å². The standard InChI is InChI=1S/C35H46N8O3/c1-34(2,3)46-33(45)43-20-35(21-43)15-24(16-35)41-11-8-22(9-12-41)23-17-38-32(39-18-23)42-13-10-29-27(19-42)26(31(37)40-29)14-28(36)25-6-4-5-7-30(25)44/h4-7,14,17-18,22,24,40,44H,8-13,15-16,19-21,36-37H2,1-3H3/b28-14-. The fourth-order valence-electron chi connectivity index (χ4n) is 7.81. The van der Waals surface area contributed by atoms with Crippen LogP contribution in [0.3, 0.4) is 0 Å². The summed E-state index contributed by atoms with van der Waals surface area (Å²) in [5.74, 6) is 1.90. The number of ether oxygens (including phenoxy) is 1. The number of phenols is 1. The number of nitrogen functional groups attached to an aromatic ring is 1. The van der Waals surface area contributed by atoms with E-state index < -0.39 is 5.60 Å². The number of hydrogen-bond acceptors (Lipinski definition) is 9. The lowest BCUT2D eigenvalue weighted by Gasteiger charge is -2.61. The van der Waals surface area contributed by atoms with E-state index in [1.807, 2.05) is 50.2 Å². The van der Waals surface area contributed by atoms with Crippen molar-refractivity contribution in [1.82, 2.24) is 24.8 Å². The fraction of sp³-hybridized carbons (Fsp3) is 0.514. The molecule has 11 heteroatoms. The molecule has 0 unspecified atom stereocenters. The molecule has 7 rings (SSSR count). The van der Waals surface area contributed by atoms with Crippen molar-refractivity contribution in [3.63, 3.8) is 0 Å². The molecule has 1 amide bonds. The molecular weight excluding hydrogens is 580 g/mol. The second-order valence-electron chi connectivity index (χ2n) is 14.7. The number of nitrogens with zero attached hydrogens (tertiary/aromatic N) is 5. The number of hydrogen-bond donors (Lipinski definition) is 4. The van der Waals surface area contributed by atoms with Crippen molar-refractivity contribution >= 4 is 29.6 Å². The van der Waals surface area contributed by atoms with Crippen LogP contribution in [0.4, 0.5) is 16.6 Å². The molecule has 1 aliphatic carbocycles. The van der Waals surface area contributed by atoms with Gasteiger partial charge < -0.3 is 41.0 Å². The quantitative estimate of drug-likeness (QED) is 0.316. The number of para-hydroxylation sites is 1. The average molecular weight is 627 g/mol. The summed E-state index contributed by atoms with van der Waals surface area (Å²) in [5, 5.41) is 10.3. The number of fused-ring (bicyclic) bond motifs is 1. The zero-order valence-corrected chi connectivity index (χ0v) is 27.1. The molecule has 6 N–H and O–H groups in total. The Morgan fingerprint density at radius 1 is 1.11 bits per heavy atom. The highest BCUT2D eigenvalue weighted by atomic mass is 16.6. The third-order valence-electron chi connectivity index (χ3n) is 10.3. The van der Waals surface area contributed by atoms with E-state index >= 15 is 0 Å². The number of rotatable bonds is 5. The van der Waals surface area contributed by atoms with Gasteiger partial charge in [-0.1, -0.05) is 12.1 Å². The lowest BCUT2D eigenvalue weighted by Crippen LogP contribution is -2.68. The van der Waals surface area contributed by atoms with Crippen molar-refractivity contribution in [3.8, 4) is 5.75 Å². The van der Waals surface area contributed by atoms with Gasteiger partial charge in [0.25, 0.3) is 0 Å². The molecule has 1 aromatic carbocycles. The number of phenolic OH excluding ortho intramolecular Hbond substituents is 1. The van der Waals surface area contributed by atoms with Gasteiger partial charge in [0.2, 0.25) is 5.95 Å². The van der Waals surface area contributed by atoms with Gasteiger partial charge in [-0.05, 0) is 89.2 Å². The Morgan fingerprint density at radius 3 is 2.48 bits per heavy atom. The van der Waals surface area contributed by atoms with Gasteiger partial charge in [-0.2, -0.15) is 0 Å². The van der Waals surface area contributed by atoms with Crippen molar-refractivity contribution in [2.24, 2.45) is 11.1 Å². The van der Waals surface area contributed by atoms with Crippen molar-refractivity contribution in [3.05, 3.63) is 64.6 Å². The number of piperidine rings is 1. The Kier molecular flexibility index (Phi) is 7.62. The Hall–Kier alpha value is -4.25. The summed E-state index contributed by atoms with van der Waals surface area (Å²) in [4.78, 5) is 32.0. The molecule has 46 heavy (non-hydrogen) atoms. The largest absolute Gasteiger partial charge is 0.507 e. The van der Waals surface area contributed by atoms with Gasteiger partial charge in [0.05, 0.1) is 0 Å². The van der Waals surface area contributed by atoms with Crippen molar-refractivity contribution in [2.45, 2.75) is 77.0 Å². The molecule has 1 spiro atoms. The number of nitrogens with two attached hydrogens (primary N) is 2. The van der Waals surface area contributed by atoms with Crippen molar-refractivity contribution in [1.29, 1.82) is 0 Å². The van der Waals surface area contributed by atoms with Crippen LogP contribution in [0.5, 0.6) is 5.75 Å². The van der Waals surface area contributed by atoms with Crippen LogP contribution in [0.15, 0.2) is 36.7 Å². The summed E-state index contributed by atoms with van der Waals surface area (Å²) >= 11 is 0. The first-order valence-corrected chi connectivity index (χ1v) is 16.5. The summed E-state index contributed by atoms with van der Waals surface area (Å²) in [7, 11) is 0. The predicted octanol–water partition coefficient (Wildman–Crippen LogP) is 4.69. The van der Waals surface area contributed by atoms with Gasteiger partial charge in [-0.3, -0.25) is 0 Å². The minimum atomic E-state index is -0.445. The molecule has 2 aromatic heterocycles. The van der Waals surface area contributed by atoms with Crippen molar-refractivity contribution < 1.29 is 14.6 Å². The molecule has 0 radical (unpaired) electrons. The van der Waals surface area contributed by atoms with E-state index in [-0.39, 0.29) is 11.8 Å². The number of aromatic hydroxyl groups is 1. The third-order valence-corrected chi connectivity index (χ3v) is 10.3. The topological polar surface area (TPSA) is 150 Å². The first-order valence-electron chi connectivity index (χ1n) is 16.5. The maximum Gasteiger partial charge on any atom is 0.410 e. The molecule has 0 atom stereocenters. The number of H-pyrrole nitrogens is 1. The minimum Gasteiger partial charge on any atom is -0.507 e. The Bertz CT molecular complexity index is 1620. The van der Waals surface area contributed by atoms with Crippen LogP contribution in [0.2, 0.25) is 0 Å². The molecule has 0 bridgehead atoms. The van der Waals surface area contributed by atoms with Gasteiger partial charge in [0, 0.05) is 84.5 Å². The van der Waals surface area contributed by atoms with Crippen molar-refractivity contribution in [2.75, 3.05) is 43.4 Å². The highest BCUT2D eigenvalue weighted by Crippen LogP contribution is 2.51. The van der Waals surface area contributed by atoms with E-state index in [2.05, 4.69) is 14.8 Å². The van der Waals surface area contributed by atoms with Crippen LogP contribution in [-0.4, -0.2) is 80.3 Å². The van der Waals surface area contributed by atoms with Gasteiger partial charge in [-0.25, -0.2) is 14.8 Å². The number of amides is 1. The van der Waals surface area contributed by atoms with E-state index in [9.17, 15) is 9.90 Å². The Labute approximate surface area is 270 Å². The Balaban J connectivity index is 0.922. The van der Waals surface area contributed by atoms with E-state index in [0.717, 1.165) is 74.8 Å².